The van der Waals surface area contributed by atoms with Gasteiger partial charge >= 0.3 is 20.1 Å². The molecule has 342 valence electrons. The molecule has 0 fully saturated rings. The smallest absolute Gasteiger partial charge is 0.339 e. The second kappa shape index (κ2) is 20.8. The second-order valence-electron chi connectivity index (χ2n) is 16.2. The Bertz CT molecular complexity index is 2830. The van der Waals surface area contributed by atoms with Crippen LogP contribution in [0.2, 0.25) is 0 Å². The molecule has 0 aliphatic carbocycles. The fourth-order valence-corrected chi connectivity index (χ4v) is 8.51. The molecule has 0 radical (unpaired) electrons. The quantitative estimate of drug-likeness (QED) is 0.123. The molecule has 0 saturated carbocycles. The van der Waals surface area contributed by atoms with Gasteiger partial charge in [-0.1, -0.05) is 88.0 Å². The van der Waals surface area contributed by atoms with Gasteiger partial charge in [0.25, 0.3) is 0 Å². The first kappa shape index (κ1) is 49.6. The third kappa shape index (κ3) is 10.7. The summed E-state index contributed by atoms with van der Waals surface area (Å²) in [7, 11) is 0. The number of aryl methyl sites for hydroxylation is 9. The third-order valence-corrected chi connectivity index (χ3v) is 10.8. The van der Waals surface area contributed by atoms with E-state index in [-0.39, 0.29) is 36.8 Å². The summed E-state index contributed by atoms with van der Waals surface area (Å²) in [5, 5.41) is 0. The zero-order chi connectivity index (χ0) is 47.6. The summed E-state index contributed by atoms with van der Waals surface area (Å²) in [6.07, 6.45) is 10.1. The second-order valence-corrected chi connectivity index (χ2v) is 16.2. The minimum absolute atomic E-state index is 0. The number of nitrogens with zero attached hydrogens (tertiary/aromatic N) is 6. The first-order valence-corrected chi connectivity index (χ1v) is 20.9. The number of benzene rings is 6. The van der Waals surface area contributed by atoms with Gasteiger partial charge in [-0.25, -0.2) is 0 Å². The Balaban J connectivity index is 0.000000165. The van der Waals surface area contributed by atoms with Crippen molar-refractivity contribution in [2.75, 3.05) is 0 Å². The molecule has 0 unspecified atom stereocenters. The predicted molar refractivity (Wildman–Crippen MR) is 246 cm³/mol. The van der Waals surface area contributed by atoms with Gasteiger partial charge in [-0.15, -0.1) is 36.4 Å². The van der Waals surface area contributed by atoms with E-state index in [9.17, 15) is 26.3 Å². The van der Waals surface area contributed by atoms with Gasteiger partial charge in [0, 0.05) is 89.1 Å². The maximum Gasteiger partial charge on any atom is 3.00 e. The molecule has 6 nitrogen and oxygen atoms in total. The monoisotopic (exact) mass is 1080 g/mol. The van der Waals surface area contributed by atoms with E-state index < -0.39 is 34.9 Å². The summed E-state index contributed by atoms with van der Waals surface area (Å²) in [4.78, 5) is 12.7. The van der Waals surface area contributed by atoms with Crippen LogP contribution in [0.3, 0.4) is 0 Å². The molecule has 0 aliphatic rings. The Morgan fingerprint density at radius 1 is 0.358 bits per heavy atom. The first-order chi connectivity index (χ1) is 31.4. The average Bonchev–Trinajstić information content (AvgIpc) is 4.01. The molecule has 13 heteroatoms. The van der Waals surface area contributed by atoms with E-state index in [1.54, 1.807) is 37.2 Å². The molecule has 0 spiro atoms. The summed E-state index contributed by atoms with van der Waals surface area (Å²) in [6, 6.07) is 26.2. The molecule has 0 saturated heterocycles. The normalized spacial score (nSPS) is 10.8. The van der Waals surface area contributed by atoms with E-state index >= 15 is 0 Å². The zero-order valence-electron chi connectivity index (χ0n) is 38.2. The average molecular weight is 1080 g/mol. The molecule has 0 bridgehead atoms. The van der Waals surface area contributed by atoms with Crippen molar-refractivity contribution >= 4 is 0 Å². The summed E-state index contributed by atoms with van der Waals surface area (Å²) >= 11 is 0. The summed E-state index contributed by atoms with van der Waals surface area (Å²) in [6.45, 7) is 18.1. The van der Waals surface area contributed by atoms with Crippen LogP contribution in [0.4, 0.5) is 26.3 Å². The predicted octanol–water partition coefficient (Wildman–Crippen LogP) is 13.6. The van der Waals surface area contributed by atoms with E-state index in [1.807, 2.05) is 76.0 Å². The van der Waals surface area contributed by atoms with Crippen LogP contribution >= 0.6 is 0 Å². The molecule has 0 aliphatic heterocycles. The Kier molecular flexibility index (Phi) is 15.4. The molecule has 3 aromatic heterocycles. The summed E-state index contributed by atoms with van der Waals surface area (Å²) in [5.41, 5.74) is 13.2. The van der Waals surface area contributed by atoms with Gasteiger partial charge in [0.2, 0.25) is 0 Å². The molecule has 9 rings (SSSR count). The summed E-state index contributed by atoms with van der Waals surface area (Å²) in [5.74, 6) is -2.74. The van der Waals surface area contributed by atoms with Crippen molar-refractivity contribution in [1.29, 1.82) is 0 Å². The Hall–Kier alpha value is -6.82. The number of hydrogen-bond donors (Lipinski definition) is 0. The summed E-state index contributed by atoms with van der Waals surface area (Å²) < 4.78 is 86.9. The van der Waals surface area contributed by atoms with E-state index in [4.69, 9.17) is 0 Å². The number of hydrogen-bond acceptors (Lipinski definition) is 3. The molecular formula is C54H45F6IrN6. The van der Waals surface area contributed by atoms with E-state index in [0.29, 0.717) is 17.5 Å². The van der Waals surface area contributed by atoms with E-state index in [1.165, 1.54) is 16.7 Å². The van der Waals surface area contributed by atoms with Crippen LogP contribution in [-0.4, -0.2) is 28.7 Å². The fourth-order valence-electron chi connectivity index (χ4n) is 8.51. The largest absolute Gasteiger partial charge is 3.00 e. The van der Waals surface area contributed by atoms with Crippen molar-refractivity contribution in [3.05, 3.63) is 213 Å². The Morgan fingerprint density at radius 2 is 0.582 bits per heavy atom. The van der Waals surface area contributed by atoms with Crippen molar-refractivity contribution < 1.29 is 46.4 Å². The van der Waals surface area contributed by atoms with E-state index in [0.717, 1.165) is 86.8 Å². The molecule has 0 atom stereocenters. The molecule has 67 heavy (non-hydrogen) atoms. The van der Waals surface area contributed by atoms with Crippen molar-refractivity contribution in [3.63, 3.8) is 0 Å². The van der Waals surface area contributed by atoms with Gasteiger partial charge in [-0.2, -0.15) is 0 Å². The van der Waals surface area contributed by atoms with Gasteiger partial charge in [-0.3, -0.25) is 41.3 Å². The van der Waals surface area contributed by atoms with Crippen LogP contribution in [-0.2, 0) is 20.1 Å². The minimum atomic E-state index is -0.671. The topological polar surface area (TPSA) is 53.5 Å². The Morgan fingerprint density at radius 3 is 0.791 bits per heavy atom. The SMILES string of the molecule is Cc1cc(C)c(-n2ccnc2-c2[c-]cc(F)cc2F)c(C)c1.Cc1cc(C)c(-n2ccnc2-c2[c-]cc(F)cc2F)c(C)c1.Cc1cc(C)c(-n2ccnc2-c2[c-]cc(F)cc2F)c(C)c1.[Ir+3]. The number of imidazole rings is 3. The minimum Gasteiger partial charge on any atom is -0.339 e. The van der Waals surface area contributed by atoms with Gasteiger partial charge in [0.15, 0.2) is 0 Å². The van der Waals surface area contributed by atoms with Crippen LogP contribution in [0.15, 0.2) is 110 Å². The number of halogens is 6. The molecule has 0 N–H and O–H groups in total. The molecule has 3 heterocycles. The van der Waals surface area contributed by atoms with Gasteiger partial charge < -0.3 is 13.7 Å². The fraction of sp³-hybridized carbons (Fsp3) is 0.167. The number of rotatable bonds is 6. The first-order valence-electron chi connectivity index (χ1n) is 20.9. The van der Waals surface area contributed by atoms with Crippen molar-refractivity contribution in [3.8, 4) is 51.2 Å². The number of aromatic nitrogens is 6. The van der Waals surface area contributed by atoms with Crippen LogP contribution < -0.4 is 0 Å². The Labute approximate surface area is 400 Å². The van der Waals surface area contributed by atoms with Gasteiger partial charge in [0.1, 0.15) is 0 Å². The van der Waals surface area contributed by atoms with Crippen LogP contribution in [0, 0.1) is 115 Å². The third-order valence-electron chi connectivity index (χ3n) is 10.8. The van der Waals surface area contributed by atoms with Crippen molar-refractivity contribution in [2.24, 2.45) is 0 Å². The van der Waals surface area contributed by atoms with Crippen LogP contribution in [0.25, 0.3) is 51.2 Å². The van der Waals surface area contributed by atoms with Crippen molar-refractivity contribution in [1.82, 2.24) is 28.7 Å². The van der Waals surface area contributed by atoms with Gasteiger partial charge in [0.05, 0.1) is 17.5 Å². The molecule has 0 amide bonds. The zero-order valence-corrected chi connectivity index (χ0v) is 40.6. The maximum absolute atomic E-state index is 14.1. The maximum atomic E-state index is 14.1. The molecule has 9 aromatic rings. The van der Waals surface area contributed by atoms with Crippen molar-refractivity contribution in [2.45, 2.75) is 62.3 Å². The molecular weight excluding hydrogens is 1040 g/mol. The standard InChI is InChI=1S/3C18H15F2N2.Ir/c3*1-11-8-12(2)17(13(3)9-11)22-7-6-21-18(22)15-5-4-14(19)10-16(15)20;/h3*4,6-10H,1-3H3;/q3*-1;+3. The van der Waals surface area contributed by atoms with Crippen LogP contribution in [0.5, 0.6) is 0 Å². The molecule has 6 aromatic carbocycles. The van der Waals surface area contributed by atoms with E-state index in [2.05, 4.69) is 69.5 Å². The van der Waals surface area contributed by atoms with Crippen LogP contribution in [0.1, 0.15) is 50.1 Å². The van der Waals surface area contributed by atoms with Gasteiger partial charge in [-0.05, 0) is 95.7 Å².